The molecular formula is C12H20O2. The maximum Gasteiger partial charge on any atom is 0.308 e. The van der Waals surface area contributed by atoms with Crippen LogP contribution >= 0.6 is 0 Å². The number of carbonyl (C=O) groups is 1. The molecular weight excluding hydrogens is 176 g/mol. The second kappa shape index (κ2) is 4.16. The van der Waals surface area contributed by atoms with Gasteiger partial charge in [0.2, 0.25) is 0 Å². The maximum absolute atomic E-state index is 11.6. The van der Waals surface area contributed by atoms with E-state index in [2.05, 4.69) is 4.74 Å². The van der Waals surface area contributed by atoms with Crippen LogP contribution in [-0.2, 0) is 9.53 Å². The van der Waals surface area contributed by atoms with Gasteiger partial charge < -0.3 is 4.74 Å². The van der Waals surface area contributed by atoms with Gasteiger partial charge >= 0.3 is 5.97 Å². The highest BCUT2D eigenvalue weighted by Gasteiger charge is 2.31. The van der Waals surface area contributed by atoms with Crippen LogP contribution in [0.4, 0.5) is 0 Å². The van der Waals surface area contributed by atoms with Crippen molar-refractivity contribution in [2.45, 2.75) is 33.6 Å². The van der Waals surface area contributed by atoms with Crippen LogP contribution in [-0.4, -0.2) is 13.1 Å². The molecule has 2 atom stereocenters. The van der Waals surface area contributed by atoms with Crippen LogP contribution in [0.3, 0.4) is 0 Å². The van der Waals surface area contributed by atoms with Gasteiger partial charge in [0.05, 0.1) is 13.0 Å². The summed E-state index contributed by atoms with van der Waals surface area (Å²) in [5, 5.41) is 0. The van der Waals surface area contributed by atoms with Crippen molar-refractivity contribution in [3.63, 3.8) is 0 Å². The van der Waals surface area contributed by atoms with Crippen molar-refractivity contribution in [2.75, 3.05) is 7.11 Å². The zero-order chi connectivity index (χ0) is 13.5. The van der Waals surface area contributed by atoms with E-state index in [1.54, 1.807) is 6.08 Å². The van der Waals surface area contributed by atoms with Crippen molar-refractivity contribution in [2.24, 2.45) is 17.2 Å². The normalized spacial score (nSPS) is 39.4. The number of methoxy groups -OCH3 is 1. The lowest BCUT2D eigenvalue weighted by Crippen LogP contribution is -2.28. The first-order chi connectivity index (χ1) is 7.53. The number of carbonyl (C=O) groups excluding carboxylic acids is 1. The lowest BCUT2D eigenvalue weighted by Gasteiger charge is -2.33. The minimum atomic E-state index is -1.73. The lowest BCUT2D eigenvalue weighted by atomic mass is 9.72. The summed E-state index contributed by atoms with van der Waals surface area (Å²) >= 11 is 0. The summed E-state index contributed by atoms with van der Waals surface area (Å²) in [6.07, 6.45) is 1.32. The fourth-order valence-corrected chi connectivity index (χ4v) is 1.46. The van der Waals surface area contributed by atoms with E-state index in [4.69, 9.17) is 4.11 Å². The second-order valence-corrected chi connectivity index (χ2v) is 4.56. The van der Waals surface area contributed by atoms with Gasteiger partial charge in [-0.25, -0.2) is 0 Å². The number of rotatable bonds is 1. The molecule has 80 valence electrons. The van der Waals surface area contributed by atoms with E-state index in [9.17, 15) is 4.79 Å². The summed E-state index contributed by atoms with van der Waals surface area (Å²) in [7, 11) is 1.25. The molecule has 2 unspecified atom stereocenters. The van der Waals surface area contributed by atoms with E-state index in [1.165, 1.54) is 13.2 Å². The number of allylic oxidation sites excluding steroid dienone is 2. The molecule has 2 heteroatoms. The highest BCUT2D eigenvalue weighted by Crippen LogP contribution is 2.36. The molecule has 0 amide bonds. The molecule has 0 N–H and O–H groups in total. The van der Waals surface area contributed by atoms with E-state index < -0.39 is 24.2 Å². The first-order valence-corrected chi connectivity index (χ1v) is 4.82. The van der Waals surface area contributed by atoms with Gasteiger partial charge in [-0.1, -0.05) is 32.9 Å². The number of hydrogen-bond acceptors (Lipinski definition) is 2. The van der Waals surface area contributed by atoms with Gasteiger partial charge in [0.25, 0.3) is 0 Å². The van der Waals surface area contributed by atoms with E-state index in [1.807, 2.05) is 20.8 Å². The van der Waals surface area contributed by atoms with Crippen LogP contribution in [0.15, 0.2) is 12.2 Å². The summed E-state index contributed by atoms with van der Waals surface area (Å²) < 4.78 is 28.6. The van der Waals surface area contributed by atoms with Gasteiger partial charge in [0.1, 0.15) is 0 Å². The molecule has 0 saturated heterocycles. The maximum atomic E-state index is 11.6. The Bertz CT molecular complexity index is 344. The Morgan fingerprint density at radius 3 is 2.79 bits per heavy atom. The van der Waals surface area contributed by atoms with E-state index in [0.717, 1.165) is 0 Å². The molecule has 14 heavy (non-hydrogen) atoms. The summed E-state index contributed by atoms with van der Waals surface area (Å²) in [5.74, 6) is -2.44. The number of esters is 1. The van der Waals surface area contributed by atoms with E-state index >= 15 is 0 Å². The second-order valence-electron chi connectivity index (χ2n) is 4.56. The Labute approximate surface area is 90.5 Å². The predicted octanol–water partition coefficient (Wildman–Crippen LogP) is 2.79. The van der Waals surface area contributed by atoms with E-state index in [0.29, 0.717) is 0 Å². The van der Waals surface area contributed by atoms with Gasteiger partial charge in [-0.3, -0.25) is 4.79 Å². The number of hydrogen-bond donors (Lipinski definition) is 0. The third-order valence-corrected chi connectivity index (χ3v) is 2.46. The molecule has 0 aromatic rings. The topological polar surface area (TPSA) is 26.3 Å². The monoisotopic (exact) mass is 199 g/mol. The van der Waals surface area contributed by atoms with Crippen LogP contribution in [0.25, 0.3) is 0 Å². The summed E-state index contributed by atoms with van der Waals surface area (Å²) in [5.41, 5.74) is -0.355. The van der Waals surface area contributed by atoms with Crippen LogP contribution in [0.2, 0.25) is 0 Å². The van der Waals surface area contributed by atoms with Crippen LogP contribution in [0.1, 0.15) is 37.7 Å². The van der Waals surface area contributed by atoms with Crippen molar-refractivity contribution >= 4 is 5.97 Å². The van der Waals surface area contributed by atoms with E-state index in [-0.39, 0.29) is 11.8 Å². The smallest absolute Gasteiger partial charge is 0.308 e. The van der Waals surface area contributed by atoms with Gasteiger partial charge in [-0.05, 0) is 24.1 Å². The summed E-state index contributed by atoms with van der Waals surface area (Å²) in [6, 6.07) is 0. The molecule has 0 fully saturated rings. The minimum absolute atomic E-state index is 0.146. The number of ether oxygens (including phenoxy) is 1. The molecule has 0 aromatic heterocycles. The molecule has 0 heterocycles. The molecule has 1 aliphatic carbocycles. The van der Waals surface area contributed by atoms with Gasteiger partial charge in [-0.2, -0.15) is 0 Å². The molecule has 0 saturated carbocycles. The Hall–Kier alpha value is -0.790. The molecule has 1 rings (SSSR count). The van der Waals surface area contributed by atoms with Crippen molar-refractivity contribution in [3.05, 3.63) is 12.2 Å². The first-order valence-electron chi connectivity index (χ1n) is 6.32. The summed E-state index contributed by atoms with van der Waals surface area (Å²) in [6.45, 7) is 5.75. The largest absolute Gasteiger partial charge is 0.469 e. The minimum Gasteiger partial charge on any atom is -0.469 e. The molecule has 0 spiro atoms. The molecule has 0 bridgehead atoms. The Morgan fingerprint density at radius 1 is 1.64 bits per heavy atom. The third kappa shape index (κ3) is 2.60. The zero-order valence-corrected chi connectivity index (χ0v) is 9.26. The SMILES string of the molecule is [2H]C1([2H])C=CC([2H])(C(C)(C)C)CC1C(=O)OC. The van der Waals surface area contributed by atoms with Gasteiger partial charge in [0, 0.05) is 4.11 Å². The van der Waals surface area contributed by atoms with Crippen LogP contribution < -0.4 is 0 Å². The van der Waals surface area contributed by atoms with Crippen molar-refractivity contribution in [3.8, 4) is 0 Å². The fraction of sp³-hybridized carbons (Fsp3) is 0.750. The quantitative estimate of drug-likeness (QED) is 0.479. The fourth-order valence-electron chi connectivity index (χ4n) is 1.46. The van der Waals surface area contributed by atoms with Crippen molar-refractivity contribution < 1.29 is 13.6 Å². The molecule has 0 aromatic carbocycles. The average molecular weight is 199 g/mol. The van der Waals surface area contributed by atoms with Crippen LogP contribution in [0, 0.1) is 17.2 Å². The molecule has 0 aliphatic heterocycles. The average Bonchev–Trinajstić information content (AvgIpc) is 2.19. The Morgan fingerprint density at radius 2 is 2.29 bits per heavy atom. The highest BCUT2D eigenvalue weighted by molar-refractivity contribution is 5.72. The standard InChI is InChI=1S/C12H20O2/c1-12(2,3)10-7-5-6-9(8-10)11(13)14-4/h5,7,9-10H,6,8H2,1-4H3/i6D2,10D. The Kier molecular flexibility index (Phi) is 2.23. The lowest BCUT2D eigenvalue weighted by molar-refractivity contribution is -0.146. The first kappa shape index (κ1) is 7.49. The molecule has 2 nitrogen and oxygen atoms in total. The zero-order valence-electron chi connectivity index (χ0n) is 12.3. The van der Waals surface area contributed by atoms with Crippen LogP contribution in [0.5, 0.6) is 0 Å². The van der Waals surface area contributed by atoms with Crippen molar-refractivity contribution in [1.29, 1.82) is 0 Å². The van der Waals surface area contributed by atoms with Gasteiger partial charge in [0.15, 0.2) is 0 Å². The predicted molar refractivity (Wildman–Crippen MR) is 56.8 cm³/mol. The summed E-state index contributed by atoms with van der Waals surface area (Å²) in [4.78, 5) is 11.6. The van der Waals surface area contributed by atoms with Gasteiger partial charge in [-0.15, -0.1) is 0 Å². The Balaban J connectivity index is 3.12. The van der Waals surface area contributed by atoms with Crippen molar-refractivity contribution in [1.82, 2.24) is 0 Å². The molecule has 1 aliphatic rings. The highest BCUT2D eigenvalue weighted by atomic mass is 16.5. The molecule has 0 radical (unpaired) electrons. The third-order valence-electron chi connectivity index (χ3n) is 2.46.